The molecule has 0 bridgehead atoms. The second-order valence-corrected chi connectivity index (χ2v) is 8.45. The summed E-state index contributed by atoms with van der Waals surface area (Å²) in [4.78, 5) is 12.3. The fourth-order valence-electron chi connectivity index (χ4n) is 2.34. The lowest BCUT2D eigenvalue weighted by atomic mass is 10.2. The maximum atomic E-state index is 12.3. The lowest BCUT2D eigenvalue weighted by Gasteiger charge is -2.22. The molecule has 0 heterocycles. The van der Waals surface area contributed by atoms with E-state index < -0.39 is 15.9 Å². The van der Waals surface area contributed by atoms with Crippen LogP contribution in [0.15, 0.2) is 42.5 Å². The summed E-state index contributed by atoms with van der Waals surface area (Å²) in [6.45, 7) is 2.31. The van der Waals surface area contributed by atoms with E-state index in [-0.39, 0.29) is 23.8 Å². The van der Waals surface area contributed by atoms with E-state index in [9.17, 15) is 13.2 Å². The molecule has 0 aromatic heterocycles. The summed E-state index contributed by atoms with van der Waals surface area (Å²) in [5, 5.41) is 3.21. The van der Waals surface area contributed by atoms with Crippen LogP contribution in [-0.2, 0) is 21.4 Å². The number of ether oxygens (including phenoxy) is 1. The molecule has 0 spiro atoms. The first kappa shape index (κ1) is 21.3. The van der Waals surface area contributed by atoms with Crippen LogP contribution in [0.25, 0.3) is 0 Å². The van der Waals surface area contributed by atoms with E-state index in [4.69, 9.17) is 27.9 Å². The summed E-state index contributed by atoms with van der Waals surface area (Å²) in [5.41, 5.74) is 1.11. The van der Waals surface area contributed by atoms with Crippen LogP contribution in [0.3, 0.4) is 0 Å². The molecular formula is C18H20Cl2N2O4S. The normalized spacial score (nSPS) is 11.1. The van der Waals surface area contributed by atoms with Crippen LogP contribution in [0.2, 0.25) is 10.0 Å². The molecule has 0 aliphatic heterocycles. The van der Waals surface area contributed by atoms with Gasteiger partial charge >= 0.3 is 0 Å². The lowest BCUT2D eigenvalue weighted by molar-refractivity contribution is -0.119. The first-order chi connectivity index (χ1) is 12.7. The number of benzene rings is 2. The second-order valence-electron chi connectivity index (χ2n) is 5.73. The molecule has 9 heteroatoms. The Hall–Kier alpha value is -1.96. The van der Waals surface area contributed by atoms with Crippen LogP contribution < -0.4 is 14.4 Å². The molecule has 0 aliphatic carbocycles. The van der Waals surface area contributed by atoms with Gasteiger partial charge in [0, 0.05) is 6.54 Å². The number of nitrogens with zero attached hydrogens (tertiary/aromatic N) is 1. The van der Waals surface area contributed by atoms with Crippen molar-refractivity contribution in [2.24, 2.45) is 0 Å². The van der Waals surface area contributed by atoms with E-state index in [0.29, 0.717) is 17.4 Å². The maximum absolute atomic E-state index is 12.3. The van der Waals surface area contributed by atoms with Gasteiger partial charge in [0.05, 0.1) is 28.6 Å². The third-order valence-corrected chi connectivity index (χ3v) is 5.46. The van der Waals surface area contributed by atoms with E-state index in [1.807, 2.05) is 31.2 Å². The number of carbonyl (C=O) groups is 1. The molecule has 0 saturated heterocycles. The number of hydrogen-bond donors (Lipinski definition) is 1. The molecule has 0 saturated carbocycles. The van der Waals surface area contributed by atoms with Crippen molar-refractivity contribution in [3.05, 3.63) is 58.1 Å². The molecule has 2 rings (SSSR count). The molecule has 1 N–H and O–H groups in total. The van der Waals surface area contributed by atoms with Crippen LogP contribution >= 0.6 is 23.2 Å². The molecule has 2 aromatic rings. The zero-order valence-corrected chi connectivity index (χ0v) is 17.2. The maximum Gasteiger partial charge on any atom is 0.241 e. The lowest BCUT2D eigenvalue weighted by Crippen LogP contribution is -2.40. The van der Waals surface area contributed by atoms with Crippen molar-refractivity contribution in [2.45, 2.75) is 13.5 Å². The Labute approximate surface area is 169 Å². The molecule has 146 valence electrons. The highest BCUT2D eigenvalue weighted by Gasteiger charge is 2.21. The summed E-state index contributed by atoms with van der Waals surface area (Å²) in [6.07, 6.45) is 1.02. The summed E-state index contributed by atoms with van der Waals surface area (Å²) < 4.78 is 30.6. The summed E-state index contributed by atoms with van der Waals surface area (Å²) in [5.74, 6) is 0.256. The van der Waals surface area contributed by atoms with E-state index in [1.54, 1.807) is 0 Å². The van der Waals surface area contributed by atoms with Gasteiger partial charge in [-0.05, 0) is 42.8 Å². The first-order valence-corrected chi connectivity index (χ1v) is 10.7. The van der Waals surface area contributed by atoms with Crippen molar-refractivity contribution in [3.63, 3.8) is 0 Å². The number of nitrogens with one attached hydrogen (secondary N) is 1. The molecule has 27 heavy (non-hydrogen) atoms. The van der Waals surface area contributed by atoms with Crippen molar-refractivity contribution in [2.75, 3.05) is 23.7 Å². The minimum Gasteiger partial charge on any atom is -0.494 e. The first-order valence-electron chi connectivity index (χ1n) is 8.12. The van der Waals surface area contributed by atoms with Gasteiger partial charge in [-0.25, -0.2) is 8.42 Å². The molecule has 0 aliphatic rings. The monoisotopic (exact) mass is 430 g/mol. The predicted molar refractivity (Wildman–Crippen MR) is 108 cm³/mol. The van der Waals surface area contributed by atoms with Crippen LogP contribution in [0.1, 0.15) is 12.5 Å². The average molecular weight is 431 g/mol. The Morgan fingerprint density at radius 2 is 1.89 bits per heavy atom. The third-order valence-electron chi connectivity index (χ3n) is 3.58. The second kappa shape index (κ2) is 9.30. The molecule has 6 nitrogen and oxygen atoms in total. The Morgan fingerprint density at radius 3 is 2.52 bits per heavy atom. The minimum atomic E-state index is -3.69. The van der Waals surface area contributed by atoms with Gasteiger partial charge in [0.1, 0.15) is 12.3 Å². The molecule has 0 unspecified atom stereocenters. The van der Waals surface area contributed by atoms with Crippen molar-refractivity contribution in [3.8, 4) is 5.75 Å². The zero-order valence-electron chi connectivity index (χ0n) is 14.9. The number of amides is 1. The van der Waals surface area contributed by atoms with Gasteiger partial charge in [-0.3, -0.25) is 9.10 Å². The van der Waals surface area contributed by atoms with Crippen LogP contribution in [0.5, 0.6) is 5.75 Å². The Morgan fingerprint density at radius 1 is 1.15 bits per heavy atom. The number of rotatable bonds is 8. The van der Waals surface area contributed by atoms with Crippen molar-refractivity contribution < 1.29 is 17.9 Å². The molecule has 0 atom stereocenters. The highest BCUT2D eigenvalue weighted by molar-refractivity contribution is 7.92. The molecule has 1 amide bonds. The van der Waals surface area contributed by atoms with Gasteiger partial charge in [0.2, 0.25) is 15.9 Å². The Kier molecular flexibility index (Phi) is 7.35. The van der Waals surface area contributed by atoms with Gasteiger partial charge in [0.25, 0.3) is 0 Å². The minimum absolute atomic E-state index is 0.205. The summed E-state index contributed by atoms with van der Waals surface area (Å²) >= 11 is 11.8. The van der Waals surface area contributed by atoms with Crippen molar-refractivity contribution in [1.29, 1.82) is 0 Å². The van der Waals surface area contributed by atoms with Gasteiger partial charge in [0.15, 0.2) is 0 Å². The number of sulfonamides is 1. The van der Waals surface area contributed by atoms with Gasteiger partial charge in [-0.1, -0.05) is 35.3 Å². The Balaban J connectivity index is 2.08. The molecular weight excluding hydrogens is 411 g/mol. The smallest absolute Gasteiger partial charge is 0.241 e. The van der Waals surface area contributed by atoms with E-state index in [0.717, 1.165) is 16.1 Å². The zero-order chi connectivity index (χ0) is 20.0. The van der Waals surface area contributed by atoms with E-state index >= 15 is 0 Å². The van der Waals surface area contributed by atoms with Gasteiger partial charge in [-0.15, -0.1) is 0 Å². The quantitative estimate of drug-likeness (QED) is 0.695. The number of hydrogen-bond acceptors (Lipinski definition) is 4. The number of halogens is 2. The summed E-state index contributed by atoms with van der Waals surface area (Å²) in [6, 6.07) is 11.7. The Bertz CT molecular complexity index is 919. The molecule has 0 fully saturated rings. The third kappa shape index (κ3) is 6.30. The van der Waals surface area contributed by atoms with Crippen molar-refractivity contribution in [1.82, 2.24) is 5.32 Å². The van der Waals surface area contributed by atoms with E-state index in [2.05, 4.69) is 5.32 Å². The highest BCUT2D eigenvalue weighted by atomic mass is 35.5. The van der Waals surface area contributed by atoms with Gasteiger partial charge in [-0.2, -0.15) is 0 Å². The molecule has 0 radical (unpaired) electrons. The number of anilines is 1. The fraction of sp³-hybridized carbons (Fsp3) is 0.278. The number of carbonyl (C=O) groups excluding carboxylic acids is 1. The standard InChI is InChI=1S/C18H20Cl2N2O4S/c1-3-26-15-6-4-5-13(9-15)11-21-18(23)12-22(27(2,24)25)14-7-8-16(19)17(20)10-14/h4-10H,3,11-12H2,1-2H3,(H,21,23). The topological polar surface area (TPSA) is 75.7 Å². The van der Waals surface area contributed by atoms with Crippen LogP contribution in [0, 0.1) is 0 Å². The average Bonchev–Trinajstić information content (AvgIpc) is 2.60. The largest absolute Gasteiger partial charge is 0.494 e. The summed E-state index contributed by atoms with van der Waals surface area (Å²) in [7, 11) is -3.69. The van der Waals surface area contributed by atoms with E-state index in [1.165, 1.54) is 18.2 Å². The van der Waals surface area contributed by atoms with Gasteiger partial charge < -0.3 is 10.1 Å². The van der Waals surface area contributed by atoms with Crippen LogP contribution in [0.4, 0.5) is 5.69 Å². The van der Waals surface area contributed by atoms with Crippen LogP contribution in [-0.4, -0.2) is 33.7 Å². The molecule has 2 aromatic carbocycles. The highest BCUT2D eigenvalue weighted by Crippen LogP contribution is 2.28. The predicted octanol–water partition coefficient (Wildman–Crippen LogP) is 3.47. The SMILES string of the molecule is CCOc1cccc(CNC(=O)CN(c2ccc(Cl)c(Cl)c2)S(C)(=O)=O)c1. The fourth-order valence-corrected chi connectivity index (χ4v) is 3.48. The van der Waals surface area contributed by atoms with Crippen molar-refractivity contribution >= 4 is 44.8 Å².